The maximum absolute atomic E-state index is 12.9. The molecule has 140 valence electrons. The van der Waals surface area contributed by atoms with Gasteiger partial charge < -0.3 is 4.74 Å². The Morgan fingerprint density at radius 3 is 2.81 bits per heavy atom. The molecule has 1 fully saturated rings. The molecule has 1 aliphatic heterocycles. The zero-order valence-corrected chi connectivity index (χ0v) is 16.8. The second kappa shape index (κ2) is 7.53. The number of likely N-dealkylation sites (tertiary alicyclic amines) is 1. The van der Waals surface area contributed by atoms with Gasteiger partial charge in [-0.2, -0.15) is 0 Å². The molecule has 7 heteroatoms. The predicted octanol–water partition coefficient (Wildman–Crippen LogP) is 4.85. The lowest BCUT2D eigenvalue weighted by atomic mass is 9.97. The number of rotatable bonds is 3. The second-order valence-electron chi connectivity index (χ2n) is 7.52. The van der Waals surface area contributed by atoms with Gasteiger partial charge in [0.1, 0.15) is 16.1 Å². The quantitative estimate of drug-likeness (QED) is 0.746. The van der Waals surface area contributed by atoms with E-state index in [-0.39, 0.29) is 12.2 Å². The second-order valence-corrected chi connectivity index (χ2v) is 9.04. The Labute approximate surface area is 162 Å². The smallest absolute Gasteiger partial charge is 0.410 e. The van der Waals surface area contributed by atoms with E-state index in [1.807, 2.05) is 32.9 Å². The minimum atomic E-state index is -0.577. The van der Waals surface area contributed by atoms with E-state index in [1.165, 1.54) is 11.3 Å². The number of halogens is 1. The van der Waals surface area contributed by atoms with E-state index >= 15 is 0 Å². The summed E-state index contributed by atoms with van der Waals surface area (Å²) in [4.78, 5) is 31.5. The molecule has 0 saturated carbocycles. The zero-order chi connectivity index (χ0) is 18.9. The number of ketones is 1. The fraction of sp³-hybridized carbons (Fsp3) is 0.526. The maximum atomic E-state index is 12.9. The van der Waals surface area contributed by atoms with Gasteiger partial charge in [-0.15, -0.1) is 11.3 Å². The lowest BCUT2D eigenvalue weighted by Crippen LogP contribution is -2.50. The summed E-state index contributed by atoms with van der Waals surface area (Å²) in [7, 11) is 0. The highest BCUT2D eigenvalue weighted by atomic mass is 35.5. The standard InChI is InChI=1S/C19H23ClN2O3S/c1-19(2,3)25-18(24)22-10-5-4-8-13(22)14(23)11-16-21-17-12(20)7-6-9-15(17)26-16/h6-7,9,13H,4-5,8,10-11H2,1-3H3/t13-/m0/s1. The number of hydrogen-bond acceptors (Lipinski definition) is 5. The average Bonchev–Trinajstić information content (AvgIpc) is 2.97. The summed E-state index contributed by atoms with van der Waals surface area (Å²) >= 11 is 7.64. The Morgan fingerprint density at radius 1 is 1.35 bits per heavy atom. The minimum Gasteiger partial charge on any atom is -0.444 e. The van der Waals surface area contributed by atoms with Crippen molar-refractivity contribution < 1.29 is 14.3 Å². The van der Waals surface area contributed by atoms with Crippen LogP contribution in [-0.4, -0.2) is 39.9 Å². The Morgan fingerprint density at radius 2 is 2.12 bits per heavy atom. The fourth-order valence-electron chi connectivity index (χ4n) is 3.11. The van der Waals surface area contributed by atoms with Gasteiger partial charge in [0.15, 0.2) is 5.78 Å². The summed E-state index contributed by atoms with van der Waals surface area (Å²) in [5, 5.41) is 1.32. The predicted molar refractivity (Wildman–Crippen MR) is 104 cm³/mol. The highest BCUT2D eigenvalue weighted by Gasteiger charge is 2.34. The minimum absolute atomic E-state index is 0.00531. The summed E-state index contributed by atoms with van der Waals surface area (Å²) in [6, 6.07) is 5.17. The number of ether oxygens (including phenoxy) is 1. The van der Waals surface area contributed by atoms with Crippen molar-refractivity contribution in [3.8, 4) is 0 Å². The zero-order valence-electron chi connectivity index (χ0n) is 15.3. The van der Waals surface area contributed by atoms with Crippen LogP contribution < -0.4 is 0 Å². The Hall–Kier alpha value is -1.66. The van der Waals surface area contributed by atoms with Gasteiger partial charge in [0, 0.05) is 6.54 Å². The van der Waals surface area contributed by atoms with Crippen LogP contribution in [0.3, 0.4) is 0 Å². The van der Waals surface area contributed by atoms with E-state index in [4.69, 9.17) is 16.3 Å². The summed E-state index contributed by atoms with van der Waals surface area (Å²) in [5.41, 5.74) is 0.154. The number of nitrogens with zero attached hydrogens (tertiary/aromatic N) is 2. The number of fused-ring (bicyclic) bond motifs is 1. The van der Waals surface area contributed by atoms with Crippen molar-refractivity contribution in [1.29, 1.82) is 0 Å². The van der Waals surface area contributed by atoms with E-state index < -0.39 is 17.7 Å². The molecule has 0 N–H and O–H groups in total. The van der Waals surface area contributed by atoms with Gasteiger partial charge in [0.05, 0.1) is 22.2 Å². The molecule has 1 aromatic heterocycles. The molecule has 1 saturated heterocycles. The third kappa shape index (κ3) is 4.35. The van der Waals surface area contributed by atoms with Crippen LogP contribution in [0.5, 0.6) is 0 Å². The van der Waals surface area contributed by atoms with Crippen molar-refractivity contribution in [2.24, 2.45) is 0 Å². The molecule has 2 heterocycles. The number of benzene rings is 1. The average molecular weight is 395 g/mol. The summed E-state index contributed by atoms with van der Waals surface area (Å²) < 4.78 is 6.44. The van der Waals surface area contributed by atoms with Gasteiger partial charge >= 0.3 is 6.09 Å². The summed E-state index contributed by atoms with van der Waals surface area (Å²) in [6.07, 6.45) is 2.28. The highest BCUT2D eigenvalue weighted by molar-refractivity contribution is 7.18. The first-order chi connectivity index (χ1) is 12.2. The van der Waals surface area contributed by atoms with Gasteiger partial charge in [-0.1, -0.05) is 17.7 Å². The van der Waals surface area contributed by atoms with E-state index in [1.54, 1.807) is 11.0 Å². The molecule has 0 bridgehead atoms. The number of carbonyl (C=O) groups excluding carboxylic acids is 2. The molecule has 1 aromatic carbocycles. The molecule has 0 spiro atoms. The van der Waals surface area contributed by atoms with Gasteiger partial charge in [0.2, 0.25) is 0 Å². The van der Waals surface area contributed by atoms with Gasteiger partial charge in [-0.3, -0.25) is 9.69 Å². The van der Waals surface area contributed by atoms with E-state index in [9.17, 15) is 9.59 Å². The number of Topliss-reactive ketones (excluding diaryl/α,β-unsaturated/α-hetero) is 1. The first kappa shape index (κ1) is 19.1. The molecular formula is C19H23ClN2O3S. The lowest BCUT2D eigenvalue weighted by Gasteiger charge is -2.35. The van der Waals surface area contributed by atoms with Crippen LogP contribution in [0.4, 0.5) is 4.79 Å². The molecule has 3 rings (SSSR count). The fourth-order valence-corrected chi connectivity index (χ4v) is 4.39. The number of carbonyl (C=O) groups is 2. The third-order valence-corrected chi connectivity index (χ3v) is 5.57. The van der Waals surface area contributed by atoms with Crippen molar-refractivity contribution in [1.82, 2.24) is 9.88 Å². The van der Waals surface area contributed by atoms with Crippen LogP contribution in [0.25, 0.3) is 10.2 Å². The van der Waals surface area contributed by atoms with Crippen molar-refractivity contribution in [2.45, 2.75) is 58.1 Å². The Balaban J connectivity index is 1.75. The molecule has 0 unspecified atom stereocenters. The van der Waals surface area contributed by atoms with Crippen molar-refractivity contribution >= 4 is 45.0 Å². The molecule has 2 aromatic rings. The topological polar surface area (TPSA) is 59.5 Å². The van der Waals surface area contributed by atoms with Crippen LogP contribution in [0.15, 0.2) is 18.2 Å². The number of aromatic nitrogens is 1. The number of thiazole rings is 1. The van der Waals surface area contributed by atoms with E-state index in [0.29, 0.717) is 18.0 Å². The van der Waals surface area contributed by atoms with Crippen LogP contribution in [-0.2, 0) is 16.0 Å². The normalized spacial score (nSPS) is 18.2. The molecular weight excluding hydrogens is 372 g/mol. The van der Waals surface area contributed by atoms with Crippen LogP contribution in [0.1, 0.15) is 45.0 Å². The molecule has 26 heavy (non-hydrogen) atoms. The number of piperidine rings is 1. The molecule has 0 radical (unpaired) electrons. The Kier molecular flexibility index (Phi) is 5.53. The number of para-hydroxylation sites is 1. The number of hydrogen-bond donors (Lipinski definition) is 0. The third-order valence-electron chi connectivity index (χ3n) is 4.24. The van der Waals surface area contributed by atoms with Crippen LogP contribution in [0, 0.1) is 0 Å². The van der Waals surface area contributed by atoms with Crippen molar-refractivity contribution in [3.63, 3.8) is 0 Å². The SMILES string of the molecule is CC(C)(C)OC(=O)N1CCCC[C@H]1C(=O)Cc1nc2c(Cl)cccc2s1. The lowest BCUT2D eigenvalue weighted by molar-refractivity contribution is -0.124. The van der Waals surface area contributed by atoms with E-state index in [0.717, 1.165) is 28.1 Å². The summed E-state index contributed by atoms with van der Waals surface area (Å²) in [6.45, 7) is 6.04. The molecule has 1 amide bonds. The Bertz CT molecular complexity index is 828. The van der Waals surface area contributed by atoms with Crippen molar-refractivity contribution in [3.05, 3.63) is 28.2 Å². The van der Waals surface area contributed by atoms with Gasteiger partial charge in [-0.05, 0) is 52.2 Å². The highest BCUT2D eigenvalue weighted by Crippen LogP contribution is 2.29. The first-order valence-electron chi connectivity index (χ1n) is 8.81. The molecule has 1 aliphatic rings. The van der Waals surface area contributed by atoms with Crippen LogP contribution in [0.2, 0.25) is 5.02 Å². The number of amides is 1. The van der Waals surface area contributed by atoms with E-state index in [2.05, 4.69) is 4.98 Å². The molecule has 1 atom stereocenters. The monoisotopic (exact) mass is 394 g/mol. The first-order valence-corrected chi connectivity index (χ1v) is 10.0. The van der Waals surface area contributed by atoms with Gasteiger partial charge in [-0.25, -0.2) is 9.78 Å². The largest absolute Gasteiger partial charge is 0.444 e. The van der Waals surface area contributed by atoms with Gasteiger partial charge in [0.25, 0.3) is 0 Å². The molecule has 5 nitrogen and oxygen atoms in total. The van der Waals surface area contributed by atoms with Crippen LogP contribution >= 0.6 is 22.9 Å². The maximum Gasteiger partial charge on any atom is 0.410 e. The molecule has 0 aliphatic carbocycles. The summed E-state index contributed by atoms with van der Waals surface area (Å²) in [5.74, 6) is 0.00531. The van der Waals surface area contributed by atoms with Crippen molar-refractivity contribution in [2.75, 3.05) is 6.54 Å².